The van der Waals surface area contributed by atoms with Gasteiger partial charge in [0.1, 0.15) is 23.2 Å². The first-order valence-corrected chi connectivity index (χ1v) is 11.0. The zero-order valence-electron chi connectivity index (χ0n) is 18.8. The summed E-state index contributed by atoms with van der Waals surface area (Å²) in [4.78, 5) is 24.3. The van der Waals surface area contributed by atoms with E-state index in [4.69, 9.17) is 14.5 Å². The molecule has 1 aliphatic heterocycles. The molecule has 1 aromatic carbocycles. The van der Waals surface area contributed by atoms with Crippen molar-refractivity contribution in [2.24, 2.45) is 0 Å². The van der Waals surface area contributed by atoms with Crippen molar-refractivity contribution < 1.29 is 14.3 Å². The van der Waals surface area contributed by atoms with Crippen LogP contribution in [0.5, 0.6) is 5.75 Å². The Balaban J connectivity index is 1.31. The minimum atomic E-state index is -0.271. The molecule has 0 spiro atoms. The van der Waals surface area contributed by atoms with Gasteiger partial charge in [-0.15, -0.1) is 0 Å². The molecule has 1 fully saturated rings. The number of methoxy groups -OCH3 is 1. The number of imidazole rings is 1. The number of aromatic nitrogens is 3. The third kappa shape index (κ3) is 4.59. The average Bonchev–Trinajstić information content (AvgIpc) is 3.27. The van der Waals surface area contributed by atoms with Crippen molar-refractivity contribution in [1.82, 2.24) is 19.3 Å². The number of pyridine rings is 2. The summed E-state index contributed by atoms with van der Waals surface area (Å²) >= 11 is 0. The third-order valence-electron chi connectivity index (χ3n) is 5.87. The molecule has 0 unspecified atom stereocenters. The molecule has 1 atom stereocenters. The van der Waals surface area contributed by atoms with Gasteiger partial charge in [-0.25, -0.2) is 4.98 Å². The van der Waals surface area contributed by atoms with Gasteiger partial charge < -0.3 is 18.8 Å². The minimum absolute atomic E-state index is 0.0859. The van der Waals surface area contributed by atoms with Crippen LogP contribution in [-0.4, -0.2) is 52.0 Å². The van der Waals surface area contributed by atoms with E-state index in [2.05, 4.69) is 11.1 Å². The van der Waals surface area contributed by atoms with E-state index in [1.165, 1.54) is 0 Å². The molecule has 0 aliphatic carbocycles. The summed E-state index contributed by atoms with van der Waals surface area (Å²) in [6.45, 7) is 3.45. The van der Waals surface area contributed by atoms with Crippen molar-refractivity contribution in [1.29, 1.82) is 0 Å². The Hall–Kier alpha value is -3.71. The number of fused-ring (bicyclic) bond motifs is 1. The maximum atomic E-state index is 13.2. The van der Waals surface area contributed by atoms with E-state index in [0.29, 0.717) is 31.8 Å². The first kappa shape index (κ1) is 21.2. The lowest BCUT2D eigenvalue weighted by Gasteiger charge is -2.32. The van der Waals surface area contributed by atoms with Gasteiger partial charge in [0.2, 0.25) is 0 Å². The lowest BCUT2D eigenvalue weighted by atomic mass is 10.1. The topological polar surface area (TPSA) is 69.0 Å². The Morgan fingerprint density at radius 1 is 1.15 bits per heavy atom. The maximum Gasteiger partial charge on any atom is 0.274 e. The number of carbonyl (C=O) groups is 1. The summed E-state index contributed by atoms with van der Waals surface area (Å²) < 4.78 is 13.2. The van der Waals surface area contributed by atoms with E-state index in [9.17, 15) is 4.79 Å². The normalized spacial score (nSPS) is 16.2. The second kappa shape index (κ2) is 9.03. The van der Waals surface area contributed by atoms with E-state index in [0.717, 1.165) is 33.9 Å². The van der Waals surface area contributed by atoms with E-state index in [-0.39, 0.29) is 12.0 Å². The van der Waals surface area contributed by atoms with Crippen molar-refractivity contribution in [3.05, 3.63) is 95.2 Å². The SMILES string of the molecule is COc1cccc(Cc2cccc([C@@H]3CN(C(=O)c4cn5ccc(C)cc5n4)CCO3)n2)c1. The largest absolute Gasteiger partial charge is 0.497 e. The van der Waals surface area contributed by atoms with Crippen molar-refractivity contribution in [2.45, 2.75) is 19.4 Å². The molecule has 1 aliphatic rings. The summed E-state index contributed by atoms with van der Waals surface area (Å²) in [5, 5.41) is 0. The van der Waals surface area contributed by atoms with Gasteiger partial charge in [0.15, 0.2) is 0 Å². The fourth-order valence-electron chi connectivity index (χ4n) is 4.13. The smallest absolute Gasteiger partial charge is 0.274 e. The predicted octanol–water partition coefficient (Wildman–Crippen LogP) is 3.85. The molecule has 168 valence electrons. The van der Waals surface area contributed by atoms with E-state index in [1.807, 2.05) is 66.1 Å². The molecular weight excluding hydrogens is 416 g/mol. The number of rotatable bonds is 5. The van der Waals surface area contributed by atoms with Gasteiger partial charge in [0, 0.05) is 31.1 Å². The lowest BCUT2D eigenvalue weighted by Crippen LogP contribution is -2.42. The Morgan fingerprint density at radius 2 is 2.03 bits per heavy atom. The van der Waals surface area contributed by atoms with Gasteiger partial charge in [-0.1, -0.05) is 18.2 Å². The number of benzene rings is 1. The van der Waals surface area contributed by atoms with Gasteiger partial charge in [0.05, 0.1) is 26.0 Å². The highest BCUT2D eigenvalue weighted by Gasteiger charge is 2.28. The highest BCUT2D eigenvalue weighted by molar-refractivity contribution is 5.93. The second-order valence-electron chi connectivity index (χ2n) is 8.29. The van der Waals surface area contributed by atoms with Crippen LogP contribution in [0, 0.1) is 6.92 Å². The van der Waals surface area contributed by atoms with Crippen LogP contribution in [0.15, 0.2) is 67.0 Å². The standard InChI is InChI=1S/C26H26N4O3/c1-18-9-10-29-16-23(28-25(29)13-18)26(31)30-11-12-33-24(17-30)22-8-4-6-20(27-22)14-19-5-3-7-21(15-19)32-2/h3-10,13,15-16,24H,11-12,14,17H2,1-2H3/t24-/m0/s1. The number of hydrogen-bond donors (Lipinski definition) is 0. The summed E-state index contributed by atoms with van der Waals surface area (Å²) in [7, 11) is 1.67. The molecule has 7 heteroatoms. The molecule has 4 heterocycles. The van der Waals surface area contributed by atoms with Gasteiger partial charge in [-0.3, -0.25) is 9.78 Å². The Labute approximate surface area is 192 Å². The molecule has 0 saturated carbocycles. The van der Waals surface area contributed by atoms with Crippen molar-refractivity contribution >= 4 is 11.6 Å². The number of amides is 1. The quantitative estimate of drug-likeness (QED) is 0.470. The molecule has 4 aromatic rings. The first-order chi connectivity index (χ1) is 16.1. The fraction of sp³-hybridized carbons (Fsp3) is 0.269. The van der Waals surface area contributed by atoms with Crippen molar-refractivity contribution in [3.8, 4) is 5.75 Å². The number of nitrogens with zero attached hydrogens (tertiary/aromatic N) is 4. The van der Waals surface area contributed by atoms with Crippen LogP contribution < -0.4 is 4.74 Å². The zero-order valence-corrected chi connectivity index (χ0v) is 18.8. The molecule has 0 N–H and O–H groups in total. The Bertz CT molecular complexity index is 1300. The zero-order chi connectivity index (χ0) is 22.8. The van der Waals surface area contributed by atoms with Crippen molar-refractivity contribution in [3.63, 3.8) is 0 Å². The monoisotopic (exact) mass is 442 g/mol. The number of morpholine rings is 1. The molecule has 3 aromatic heterocycles. The molecule has 0 bridgehead atoms. The van der Waals surface area contributed by atoms with Crippen LogP contribution in [-0.2, 0) is 11.2 Å². The highest BCUT2D eigenvalue weighted by atomic mass is 16.5. The average molecular weight is 443 g/mol. The predicted molar refractivity (Wildman–Crippen MR) is 125 cm³/mol. The summed E-state index contributed by atoms with van der Waals surface area (Å²) in [5.41, 5.74) is 5.24. The van der Waals surface area contributed by atoms with E-state index >= 15 is 0 Å². The molecule has 0 radical (unpaired) electrons. The third-order valence-corrected chi connectivity index (χ3v) is 5.87. The van der Waals surface area contributed by atoms with Crippen LogP contribution in [0.1, 0.15) is 39.1 Å². The van der Waals surface area contributed by atoms with Crippen molar-refractivity contribution in [2.75, 3.05) is 26.8 Å². The maximum absolute atomic E-state index is 13.2. The summed E-state index contributed by atoms with van der Waals surface area (Å²) in [6, 6.07) is 17.9. The molecular formula is C26H26N4O3. The van der Waals surface area contributed by atoms with Crippen LogP contribution in [0.4, 0.5) is 0 Å². The molecule has 33 heavy (non-hydrogen) atoms. The Morgan fingerprint density at radius 3 is 2.91 bits per heavy atom. The fourth-order valence-corrected chi connectivity index (χ4v) is 4.13. The first-order valence-electron chi connectivity index (χ1n) is 11.0. The number of ether oxygens (including phenoxy) is 2. The molecule has 1 amide bonds. The van der Waals surface area contributed by atoms with E-state index < -0.39 is 0 Å². The minimum Gasteiger partial charge on any atom is -0.497 e. The summed E-state index contributed by atoms with van der Waals surface area (Å²) in [6.07, 6.45) is 4.14. The second-order valence-corrected chi connectivity index (χ2v) is 8.29. The number of carbonyl (C=O) groups excluding carboxylic acids is 1. The van der Waals surface area contributed by atoms with E-state index in [1.54, 1.807) is 18.2 Å². The van der Waals surface area contributed by atoms with Gasteiger partial charge in [-0.05, 0) is 54.4 Å². The van der Waals surface area contributed by atoms with Crippen LogP contribution in [0.25, 0.3) is 5.65 Å². The highest BCUT2D eigenvalue weighted by Crippen LogP contribution is 2.23. The molecule has 5 rings (SSSR count). The molecule has 7 nitrogen and oxygen atoms in total. The molecule has 1 saturated heterocycles. The number of aryl methyl sites for hydroxylation is 1. The Kier molecular flexibility index (Phi) is 5.79. The van der Waals surface area contributed by atoms with Crippen LogP contribution in [0.3, 0.4) is 0 Å². The van der Waals surface area contributed by atoms with Gasteiger partial charge >= 0.3 is 0 Å². The lowest BCUT2D eigenvalue weighted by molar-refractivity contribution is -0.0249. The number of hydrogen-bond acceptors (Lipinski definition) is 5. The van der Waals surface area contributed by atoms with Crippen LogP contribution in [0.2, 0.25) is 0 Å². The van der Waals surface area contributed by atoms with Gasteiger partial charge in [-0.2, -0.15) is 0 Å². The van der Waals surface area contributed by atoms with Gasteiger partial charge in [0.25, 0.3) is 5.91 Å². The summed E-state index contributed by atoms with van der Waals surface area (Å²) in [5.74, 6) is 0.743. The van der Waals surface area contributed by atoms with Crippen LogP contribution >= 0.6 is 0 Å².